The molecule has 27 heavy (non-hydrogen) atoms. The number of amides is 1. The fourth-order valence-corrected chi connectivity index (χ4v) is 2.87. The summed E-state index contributed by atoms with van der Waals surface area (Å²) in [4.78, 5) is 19.8. The van der Waals surface area contributed by atoms with Crippen molar-refractivity contribution in [2.24, 2.45) is 4.99 Å². The summed E-state index contributed by atoms with van der Waals surface area (Å²) in [5, 5.41) is 5.81. The van der Waals surface area contributed by atoms with Crippen molar-refractivity contribution in [3.8, 4) is 0 Å². The number of guanidine groups is 1. The first-order chi connectivity index (χ1) is 12.8. The minimum atomic E-state index is -4.35. The first-order valence-electron chi connectivity index (χ1n) is 8.99. The first kappa shape index (κ1) is 20.9. The molecule has 1 aliphatic rings. The minimum absolute atomic E-state index is 0.0967. The third kappa shape index (κ3) is 6.04. The Morgan fingerprint density at radius 2 is 1.89 bits per heavy atom. The normalized spacial score (nSPS) is 15.7. The van der Waals surface area contributed by atoms with Gasteiger partial charge in [-0.2, -0.15) is 13.2 Å². The maximum Gasteiger partial charge on any atom is 0.416 e. The van der Waals surface area contributed by atoms with Gasteiger partial charge < -0.3 is 20.4 Å². The number of carbonyl (C=O) groups is 1. The Hall–Kier alpha value is -2.45. The number of halogens is 3. The molecular weight excluding hydrogens is 359 g/mol. The molecule has 6 nitrogen and oxygen atoms in total. The summed E-state index contributed by atoms with van der Waals surface area (Å²) in [7, 11) is 1.64. The smallest absolute Gasteiger partial charge is 0.368 e. The molecule has 0 radical (unpaired) electrons. The van der Waals surface area contributed by atoms with Gasteiger partial charge in [-0.25, -0.2) is 0 Å². The van der Waals surface area contributed by atoms with Gasteiger partial charge in [0.2, 0.25) is 5.91 Å². The molecule has 2 rings (SSSR count). The van der Waals surface area contributed by atoms with Crippen molar-refractivity contribution in [3.63, 3.8) is 0 Å². The van der Waals surface area contributed by atoms with Crippen LogP contribution in [0.1, 0.15) is 18.9 Å². The fraction of sp³-hybridized carbons (Fsp3) is 0.556. The number of piperazine rings is 1. The number of carbonyl (C=O) groups excluding carboxylic acids is 1. The molecule has 0 atom stereocenters. The number of aliphatic imine (C=N–C) groups is 1. The van der Waals surface area contributed by atoms with Crippen molar-refractivity contribution in [2.75, 3.05) is 51.2 Å². The van der Waals surface area contributed by atoms with Crippen LogP contribution in [-0.4, -0.2) is 63.1 Å². The van der Waals surface area contributed by atoms with Crippen LogP contribution in [0.3, 0.4) is 0 Å². The monoisotopic (exact) mass is 385 g/mol. The van der Waals surface area contributed by atoms with Crippen molar-refractivity contribution in [2.45, 2.75) is 19.5 Å². The van der Waals surface area contributed by atoms with E-state index in [1.165, 1.54) is 12.1 Å². The second kappa shape index (κ2) is 9.48. The number of rotatable bonds is 5. The SMILES string of the molecule is CCCNC(=O)CNC(=NC)N1CCN(c2cccc(C(F)(F)F)c2)CC1. The highest BCUT2D eigenvalue weighted by Crippen LogP contribution is 2.31. The van der Waals surface area contributed by atoms with Gasteiger partial charge in [0, 0.05) is 45.5 Å². The lowest BCUT2D eigenvalue weighted by Gasteiger charge is -2.37. The Morgan fingerprint density at radius 3 is 2.48 bits per heavy atom. The highest BCUT2D eigenvalue weighted by Gasteiger charge is 2.31. The van der Waals surface area contributed by atoms with Crippen LogP contribution in [0.5, 0.6) is 0 Å². The molecule has 1 aromatic rings. The van der Waals surface area contributed by atoms with Crippen LogP contribution in [0.25, 0.3) is 0 Å². The van der Waals surface area contributed by atoms with E-state index in [2.05, 4.69) is 15.6 Å². The van der Waals surface area contributed by atoms with Crippen LogP contribution < -0.4 is 15.5 Å². The molecule has 9 heteroatoms. The van der Waals surface area contributed by atoms with E-state index in [0.29, 0.717) is 44.4 Å². The lowest BCUT2D eigenvalue weighted by Crippen LogP contribution is -2.53. The van der Waals surface area contributed by atoms with Gasteiger partial charge in [0.1, 0.15) is 0 Å². The largest absolute Gasteiger partial charge is 0.416 e. The van der Waals surface area contributed by atoms with E-state index in [1.807, 2.05) is 16.7 Å². The first-order valence-corrected chi connectivity index (χ1v) is 8.99. The van der Waals surface area contributed by atoms with Gasteiger partial charge in [-0.15, -0.1) is 0 Å². The van der Waals surface area contributed by atoms with Gasteiger partial charge in [-0.3, -0.25) is 9.79 Å². The number of hydrogen-bond acceptors (Lipinski definition) is 3. The molecule has 1 aliphatic heterocycles. The zero-order valence-electron chi connectivity index (χ0n) is 15.6. The Bertz CT molecular complexity index is 655. The van der Waals surface area contributed by atoms with Crippen molar-refractivity contribution in [1.29, 1.82) is 0 Å². The maximum absolute atomic E-state index is 12.9. The molecule has 0 saturated carbocycles. The molecule has 0 aromatic heterocycles. The highest BCUT2D eigenvalue weighted by molar-refractivity contribution is 5.86. The zero-order valence-corrected chi connectivity index (χ0v) is 15.6. The summed E-state index contributed by atoms with van der Waals surface area (Å²) in [6.07, 6.45) is -3.47. The van der Waals surface area contributed by atoms with E-state index in [4.69, 9.17) is 0 Å². The Labute approximate surface area is 157 Å². The van der Waals surface area contributed by atoms with E-state index >= 15 is 0 Å². The lowest BCUT2D eigenvalue weighted by molar-refractivity contribution is -0.137. The molecule has 1 aromatic carbocycles. The van der Waals surface area contributed by atoms with Gasteiger partial charge in [0.15, 0.2) is 5.96 Å². The Kier molecular flexibility index (Phi) is 7.32. The molecule has 1 amide bonds. The van der Waals surface area contributed by atoms with Gasteiger partial charge in [-0.1, -0.05) is 13.0 Å². The molecule has 0 spiro atoms. The van der Waals surface area contributed by atoms with E-state index in [9.17, 15) is 18.0 Å². The average molecular weight is 385 g/mol. The number of nitrogens with one attached hydrogen (secondary N) is 2. The molecule has 0 aliphatic carbocycles. The van der Waals surface area contributed by atoms with Crippen molar-refractivity contribution >= 4 is 17.6 Å². The maximum atomic E-state index is 12.9. The minimum Gasteiger partial charge on any atom is -0.368 e. The van der Waals surface area contributed by atoms with Crippen molar-refractivity contribution in [1.82, 2.24) is 15.5 Å². The predicted octanol–water partition coefficient (Wildman–Crippen LogP) is 1.93. The zero-order chi connectivity index (χ0) is 19.9. The molecule has 1 heterocycles. The second-order valence-electron chi connectivity index (χ2n) is 6.27. The summed E-state index contributed by atoms with van der Waals surface area (Å²) in [6.45, 7) is 5.11. The highest BCUT2D eigenvalue weighted by atomic mass is 19.4. The van der Waals surface area contributed by atoms with Crippen LogP contribution in [-0.2, 0) is 11.0 Å². The summed E-state index contributed by atoms with van der Waals surface area (Å²) in [6, 6.07) is 5.38. The molecule has 0 unspecified atom stereocenters. The standard InChI is InChI=1S/C18H26F3N5O/c1-3-7-23-16(27)13-24-17(22-2)26-10-8-25(9-11-26)15-6-4-5-14(12-15)18(19,20)21/h4-6,12H,3,7-11,13H2,1-2H3,(H,22,24)(H,23,27). The van der Waals surface area contributed by atoms with Crippen LogP contribution in [0.15, 0.2) is 29.3 Å². The van der Waals surface area contributed by atoms with Gasteiger partial charge in [0.05, 0.1) is 12.1 Å². The van der Waals surface area contributed by atoms with Crippen LogP contribution >= 0.6 is 0 Å². The summed E-state index contributed by atoms with van der Waals surface area (Å²) < 4.78 is 38.7. The van der Waals surface area contributed by atoms with Gasteiger partial charge >= 0.3 is 6.18 Å². The summed E-state index contributed by atoms with van der Waals surface area (Å²) in [5.74, 6) is 0.519. The fourth-order valence-electron chi connectivity index (χ4n) is 2.87. The second-order valence-corrected chi connectivity index (χ2v) is 6.27. The number of nitrogens with zero attached hydrogens (tertiary/aromatic N) is 3. The molecule has 1 saturated heterocycles. The number of hydrogen-bond donors (Lipinski definition) is 2. The Morgan fingerprint density at radius 1 is 1.19 bits per heavy atom. The third-order valence-corrected chi connectivity index (χ3v) is 4.31. The van der Waals surface area contributed by atoms with Gasteiger partial charge in [-0.05, 0) is 24.6 Å². The average Bonchev–Trinajstić information content (AvgIpc) is 2.66. The quantitative estimate of drug-likeness (QED) is 0.601. The number of benzene rings is 1. The molecular formula is C18H26F3N5O. The predicted molar refractivity (Wildman–Crippen MR) is 99.9 cm³/mol. The molecule has 2 N–H and O–H groups in total. The Balaban J connectivity index is 1.89. The molecule has 1 fully saturated rings. The van der Waals surface area contributed by atoms with Crippen LogP contribution in [0.4, 0.5) is 18.9 Å². The number of anilines is 1. The van der Waals surface area contributed by atoms with E-state index in [1.54, 1.807) is 13.1 Å². The lowest BCUT2D eigenvalue weighted by atomic mass is 10.1. The van der Waals surface area contributed by atoms with Crippen molar-refractivity contribution < 1.29 is 18.0 Å². The number of alkyl halides is 3. The molecule has 150 valence electrons. The van der Waals surface area contributed by atoms with E-state index < -0.39 is 11.7 Å². The van der Waals surface area contributed by atoms with E-state index in [0.717, 1.165) is 12.5 Å². The topological polar surface area (TPSA) is 60.0 Å². The van der Waals surface area contributed by atoms with E-state index in [-0.39, 0.29) is 12.5 Å². The van der Waals surface area contributed by atoms with Crippen LogP contribution in [0.2, 0.25) is 0 Å². The summed E-state index contributed by atoms with van der Waals surface area (Å²) in [5.41, 5.74) is -0.0793. The van der Waals surface area contributed by atoms with Crippen molar-refractivity contribution in [3.05, 3.63) is 29.8 Å². The third-order valence-electron chi connectivity index (χ3n) is 4.31. The van der Waals surface area contributed by atoms with Crippen LogP contribution in [0, 0.1) is 0 Å². The van der Waals surface area contributed by atoms with Gasteiger partial charge in [0.25, 0.3) is 0 Å². The molecule has 0 bridgehead atoms. The summed E-state index contributed by atoms with van der Waals surface area (Å²) >= 11 is 0.